The summed E-state index contributed by atoms with van der Waals surface area (Å²) in [6, 6.07) is 0. The van der Waals surface area contributed by atoms with Crippen molar-refractivity contribution < 1.29 is 42.1 Å². The Balaban J connectivity index is 4.23. The number of carbonyl (C=O) groups is 2. The van der Waals surface area contributed by atoms with Gasteiger partial charge in [-0.2, -0.15) is 0 Å². The number of quaternary nitrogens is 1. The second-order valence-corrected chi connectivity index (χ2v) is 20.3. The first kappa shape index (κ1) is 60.5. The lowest BCUT2D eigenvalue weighted by Crippen LogP contribution is -2.37. The third-order valence-corrected chi connectivity index (χ3v) is 12.4. The van der Waals surface area contributed by atoms with Crippen LogP contribution in [0.15, 0.2) is 24.3 Å². The Labute approximate surface area is 383 Å². The monoisotopic (exact) mass is 898 g/mol. The van der Waals surface area contributed by atoms with E-state index in [0.717, 1.165) is 38.5 Å². The lowest BCUT2D eigenvalue weighted by Gasteiger charge is -2.28. The van der Waals surface area contributed by atoms with Gasteiger partial charge in [0.1, 0.15) is 19.8 Å². The molecule has 0 heterocycles. The molecule has 0 bridgehead atoms. The number of unbranched alkanes of at least 4 members (excludes halogenated alkanes) is 30. The summed E-state index contributed by atoms with van der Waals surface area (Å²) in [4.78, 5) is 37.7. The Morgan fingerprint density at radius 1 is 0.484 bits per heavy atom. The van der Waals surface area contributed by atoms with E-state index >= 15 is 0 Å². The van der Waals surface area contributed by atoms with E-state index in [0.29, 0.717) is 17.4 Å². The smallest absolute Gasteiger partial charge is 0.306 e. The van der Waals surface area contributed by atoms with Crippen molar-refractivity contribution in [3.05, 3.63) is 24.3 Å². The highest BCUT2D eigenvalue weighted by atomic mass is 31.2. The Bertz CT molecular complexity index is 1110. The Kier molecular flexibility index (Phi) is 43.6. The Hall–Kier alpha value is -1.51. The molecule has 0 aromatic carbocycles. The Morgan fingerprint density at radius 2 is 0.823 bits per heavy atom. The lowest BCUT2D eigenvalue weighted by atomic mass is 10.1. The molecular formula is C52H100NO8P. The van der Waals surface area contributed by atoms with Crippen molar-refractivity contribution in [2.45, 2.75) is 251 Å². The van der Waals surface area contributed by atoms with E-state index in [4.69, 9.17) is 18.5 Å². The van der Waals surface area contributed by atoms with E-state index in [1.807, 2.05) is 21.1 Å². The van der Waals surface area contributed by atoms with Gasteiger partial charge in [0.15, 0.2) is 6.10 Å². The summed E-state index contributed by atoms with van der Waals surface area (Å²) in [5, 5.41) is 0. The van der Waals surface area contributed by atoms with Crippen LogP contribution < -0.4 is 4.89 Å². The third kappa shape index (κ3) is 48.0. The summed E-state index contributed by atoms with van der Waals surface area (Å²) >= 11 is 0. The topological polar surface area (TPSA) is 111 Å². The number of carbonyl (C=O) groups excluding carboxylic acids is 2. The molecule has 2 unspecified atom stereocenters. The second-order valence-electron chi connectivity index (χ2n) is 18.9. The molecule has 0 aromatic rings. The van der Waals surface area contributed by atoms with Gasteiger partial charge in [0.25, 0.3) is 7.82 Å². The average molecular weight is 898 g/mol. The molecule has 0 amide bonds. The number of likely N-dealkylation sites (N-methyl/N-ethyl adjacent to an activating group) is 1. The number of hydrogen-bond donors (Lipinski definition) is 0. The van der Waals surface area contributed by atoms with E-state index in [2.05, 4.69) is 38.2 Å². The highest BCUT2D eigenvalue weighted by Gasteiger charge is 2.21. The molecule has 2 atom stereocenters. The minimum Gasteiger partial charge on any atom is -0.756 e. The van der Waals surface area contributed by atoms with Crippen molar-refractivity contribution in [1.29, 1.82) is 0 Å². The lowest BCUT2D eigenvalue weighted by molar-refractivity contribution is -0.870. The molecule has 10 heteroatoms. The van der Waals surface area contributed by atoms with Gasteiger partial charge in [-0.05, 0) is 64.2 Å². The van der Waals surface area contributed by atoms with E-state index in [-0.39, 0.29) is 32.0 Å². The minimum absolute atomic E-state index is 0.0298. The van der Waals surface area contributed by atoms with E-state index in [9.17, 15) is 19.0 Å². The van der Waals surface area contributed by atoms with Crippen LogP contribution in [-0.4, -0.2) is 70.0 Å². The van der Waals surface area contributed by atoms with Gasteiger partial charge < -0.3 is 27.9 Å². The number of nitrogens with zero attached hydrogens (tertiary/aromatic N) is 1. The normalized spacial score (nSPS) is 13.6. The molecule has 9 nitrogen and oxygen atoms in total. The van der Waals surface area contributed by atoms with Gasteiger partial charge in [-0.15, -0.1) is 0 Å². The molecule has 366 valence electrons. The highest BCUT2D eigenvalue weighted by molar-refractivity contribution is 7.45. The van der Waals surface area contributed by atoms with Crippen LogP contribution in [-0.2, 0) is 32.7 Å². The van der Waals surface area contributed by atoms with Crippen molar-refractivity contribution in [3.63, 3.8) is 0 Å². The van der Waals surface area contributed by atoms with Gasteiger partial charge in [0.05, 0.1) is 27.7 Å². The molecule has 0 spiro atoms. The van der Waals surface area contributed by atoms with Crippen molar-refractivity contribution in [1.82, 2.24) is 0 Å². The number of phosphoric ester groups is 1. The first-order chi connectivity index (χ1) is 30.0. The quantitative estimate of drug-likeness (QED) is 0.0195. The summed E-state index contributed by atoms with van der Waals surface area (Å²) in [6.45, 7) is 4.25. The number of phosphoric acid groups is 1. The zero-order chi connectivity index (χ0) is 45.7. The van der Waals surface area contributed by atoms with Crippen molar-refractivity contribution in [3.8, 4) is 0 Å². The number of esters is 2. The summed E-state index contributed by atoms with van der Waals surface area (Å²) in [5.41, 5.74) is 0. The minimum atomic E-state index is -4.63. The van der Waals surface area contributed by atoms with Crippen LogP contribution in [0.5, 0.6) is 0 Å². The first-order valence-corrected chi connectivity index (χ1v) is 27.5. The predicted molar refractivity (Wildman–Crippen MR) is 259 cm³/mol. The van der Waals surface area contributed by atoms with Gasteiger partial charge >= 0.3 is 11.9 Å². The molecular weight excluding hydrogens is 798 g/mol. The molecule has 0 radical (unpaired) electrons. The highest BCUT2D eigenvalue weighted by Crippen LogP contribution is 2.38. The predicted octanol–water partition coefficient (Wildman–Crippen LogP) is 14.8. The van der Waals surface area contributed by atoms with Crippen LogP contribution in [0.25, 0.3) is 0 Å². The maximum absolute atomic E-state index is 12.7. The van der Waals surface area contributed by atoms with Gasteiger partial charge in [0.2, 0.25) is 0 Å². The van der Waals surface area contributed by atoms with Crippen LogP contribution >= 0.6 is 7.82 Å². The molecule has 0 saturated carbocycles. The number of hydrogen-bond acceptors (Lipinski definition) is 8. The molecule has 0 aliphatic heterocycles. The number of rotatable bonds is 48. The molecule has 0 saturated heterocycles. The van der Waals surface area contributed by atoms with Gasteiger partial charge in [-0.3, -0.25) is 14.2 Å². The van der Waals surface area contributed by atoms with Crippen LogP contribution in [0.1, 0.15) is 245 Å². The fourth-order valence-electron chi connectivity index (χ4n) is 7.35. The summed E-state index contributed by atoms with van der Waals surface area (Å²) in [7, 11) is 1.17. The zero-order valence-corrected chi connectivity index (χ0v) is 42.2. The fraction of sp³-hybridized carbons (Fsp3) is 0.885. The maximum atomic E-state index is 12.7. The third-order valence-electron chi connectivity index (χ3n) is 11.4. The molecule has 0 rings (SSSR count). The fourth-order valence-corrected chi connectivity index (χ4v) is 8.08. The summed E-state index contributed by atoms with van der Waals surface area (Å²) in [6.07, 6.45) is 50.6. The second kappa shape index (κ2) is 44.7. The van der Waals surface area contributed by atoms with Gasteiger partial charge in [0, 0.05) is 12.8 Å². The molecule has 0 aliphatic rings. The molecule has 0 N–H and O–H groups in total. The molecule has 0 aromatic heterocycles. The van der Waals surface area contributed by atoms with E-state index in [1.165, 1.54) is 173 Å². The van der Waals surface area contributed by atoms with Crippen LogP contribution in [0, 0.1) is 0 Å². The SMILES string of the molecule is CCCCCCCC/C=C/CCCCCCCCCCCC(=O)OCC(COP(=O)([O-])OCC[N+](C)(C)C)OC(=O)CCCCCCCCCCC/C=C/CCCCCCCC. The van der Waals surface area contributed by atoms with Crippen LogP contribution in [0.4, 0.5) is 0 Å². The van der Waals surface area contributed by atoms with Crippen molar-refractivity contribution in [2.75, 3.05) is 47.5 Å². The molecule has 62 heavy (non-hydrogen) atoms. The van der Waals surface area contributed by atoms with Crippen LogP contribution in [0.2, 0.25) is 0 Å². The maximum Gasteiger partial charge on any atom is 0.306 e. The Morgan fingerprint density at radius 3 is 1.19 bits per heavy atom. The zero-order valence-electron chi connectivity index (χ0n) is 41.3. The molecule has 0 fully saturated rings. The van der Waals surface area contributed by atoms with Gasteiger partial charge in [-0.25, -0.2) is 0 Å². The van der Waals surface area contributed by atoms with Gasteiger partial charge in [-0.1, -0.05) is 192 Å². The van der Waals surface area contributed by atoms with E-state index in [1.54, 1.807) is 0 Å². The summed E-state index contributed by atoms with van der Waals surface area (Å²) < 4.78 is 34.1. The summed E-state index contributed by atoms with van der Waals surface area (Å²) in [5.74, 6) is -0.829. The van der Waals surface area contributed by atoms with Crippen molar-refractivity contribution in [2.24, 2.45) is 0 Å². The number of allylic oxidation sites excluding steroid dienone is 4. The molecule has 0 aliphatic carbocycles. The first-order valence-electron chi connectivity index (χ1n) is 26.0. The van der Waals surface area contributed by atoms with Crippen molar-refractivity contribution >= 4 is 19.8 Å². The van der Waals surface area contributed by atoms with E-state index < -0.39 is 26.5 Å². The number of ether oxygens (including phenoxy) is 2. The van der Waals surface area contributed by atoms with Crippen LogP contribution in [0.3, 0.4) is 0 Å². The average Bonchev–Trinajstić information content (AvgIpc) is 3.23. The standard InChI is InChI=1S/C52H100NO8P/c1-6-8-10-12-14-16-18-20-22-24-26-28-30-32-34-36-38-40-42-44-51(54)58-48-50(49-60-62(56,57)59-47-46-53(3,4)5)61-52(55)45-43-41-39-37-35-33-31-29-27-25-23-21-19-17-15-13-11-9-7-2/h20-23,50H,6-19,24-49H2,1-5H3/b22-20+,23-21+. The largest absolute Gasteiger partial charge is 0.756 e.